The van der Waals surface area contributed by atoms with Crippen LogP contribution in [-0.4, -0.2) is 24.9 Å². The maximum absolute atomic E-state index is 12.1. The normalized spacial score (nSPS) is 12.8. The average Bonchev–Trinajstić information content (AvgIpc) is 2.57. The average molecular weight is 443 g/mol. The van der Waals surface area contributed by atoms with Gasteiger partial charge in [0.2, 0.25) is 5.91 Å². The molecule has 1 aliphatic rings. The lowest BCUT2D eigenvalue weighted by atomic mass is 10.2. The molecule has 1 amide bonds. The Labute approximate surface area is 164 Å². The number of rotatable bonds is 5. The van der Waals surface area contributed by atoms with Gasteiger partial charge in [-0.05, 0) is 58.2 Å². The number of nitrogens with one attached hydrogen (secondary N) is 1. The Bertz CT molecular complexity index is 800. The fraction of sp³-hybridized carbons (Fsp3) is 0.278. The first-order chi connectivity index (χ1) is 12.0. The van der Waals surface area contributed by atoms with E-state index in [1.165, 1.54) is 11.8 Å². The Morgan fingerprint density at radius 3 is 2.88 bits per heavy atom. The third-order valence-electron chi connectivity index (χ3n) is 3.56. The highest BCUT2D eigenvalue weighted by molar-refractivity contribution is 9.10. The number of anilines is 1. The highest BCUT2D eigenvalue weighted by Crippen LogP contribution is 2.39. The van der Waals surface area contributed by atoms with E-state index in [0.29, 0.717) is 41.2 Å². The molecule has 2 aromatic rings. The zero-order valence-electron chi connectivity index (χ0n) is 13.6. The first kappa shape index (κ1) is 18.4. The molecule has 0 atom stereocenters. The molecule has 4 nitrogen and oxygen atoms in total. The van der Waals surface area contributed by atoms with Crippen LogP contribution in [-0.2, 0) is 10.5 Å². The van der Waals surface area contributed by atoms with Gasteiger partial charge in [0.05, 0.1) is 16.5 Å². The number of fused-ring (bicyclic) bond motifs is 1. The lowest BCUT2D eigenvalue weighted by molar-refractivity contribution is -0.113. The predicted molar refractivity (Wildman–Crippen MR) is 106 cm³/mol. The van der Waals surface area contributed by atoms with Crippen LogP contribution in [0.15, 0.2) is 34.8 Å². The van der Waals surface area contributed by atoms with Gasteiger partial charge in [-0.2, -0.15) is 0 Å². The minimum atomic E-state index is -0.0433. The number of thioether (sulfide) groups is 1. The zero-order valence-corrected chi connectivity index (χ0v) is 16.8. The van der Waals surface area contributed by atoms with E-state index in [9.17, 15) is 4.79 Å². The molecule has 0 unspecified atom stereocenters. The molecule has 0 saturated heterocycles. The second-order valence-electron chi connectivity index (χ2n) is 5.63. The first-order valence-corrected chi connectivity index (χ1v) is 10.1. The van der Waals surface area contributed by atoms with Gasteiger partial charge < -0.3 is 14.8 Å². The third-order valence-corrected chi connectivity index (χ3v) is 5.50. The summed E-state index contributed by atoms with van der Waals surface area (Å²) in [7, 11) is 0. The molecule has 0 fully saturated rings. The monoisotopic (exact) mass is 441 g/mol. The SMILES string of the molecule is Cc1ccc(NC(=O)CSCc2cc(Cl)c3c(c2)OCCO3)c(Br)c1. The van der Waals surface area contributed by atoms with E-state index in [2.05, 4.69) is 21.2 Å². The molecule has 7 heteroatoms. The lowest BCUT2D eigenvalue weighted by Gasteiger charge is -2.20. The molecule has 0 bridgehead atoms. The molecule has 0 saturated carbocycles. The van der Waals surface area contributed by atoms with Crippen LogP contribution >= 0.6 is 39.3 Å². The Kier molecular flexibility index (Phi) is 6.15. The van der Waals surface area contributed by atoms with Crippen LogP contribution in [0.3, 0.4) is 0 Å². The van der Waals surface area contributed by atoms with Crippen molar-refractivity contribution >= 4 is 50.9 Å². The smallest absolute Gasteiger partial charge is 0.234 e. The number of amides is 1. The second kappa shape index (κ2) is 8.34. The van der Waals surface area contributed by atoms with Gasteiger partial charge in [-0.3, -0.25) is 4.79 Å². The molecule has 3 rings (SSSR count). The van der Waals surface area contributed by atoms with Crippen LogP contribution in [0.5, 0.6) is 11.5 Å². The van der Waals surface area contributed by atoms with Crippen LogP contribution < -0.4 is 14.8 Å². The fourth-order valence-corrected chi connectivity index (χ4v) is 4.06. The minimum absolute atomic E-state index is 0.0433. The van der Waals surface area contributed by atoms with Gasteiger partial charge in [0.25, 0.3) is 0 Å². The van der Waals surface area contributed by atoms with Crippen molar-refractivity contribution in [2.45, 2.75) is 12.7 Å². The number of hydrogen-bond acceptors (Lipinski definition) is 4. The van der Waals surface area contributed by atoms with Gasteiger partial charge in [-0.1, -0.05) is 17.7 Å². The number of hydrogen-bond donors (Lipinski definition) is 1. The summed E-state index contributed by atoms with van der Waals surface area (Å²) in [6, 6.07) is 9.60. The molecule has 132 valence electrons. The van der Waals surface area contributed by atoms with E-state index >= 15 is 0 Å². The van der Waals surface area contributed by atoms with Gasteiger partial charge in [0, 0.05) is 10.2 Å². The summed E-state index contributed by atoms with van der Waals surface area (Å²) in [6.07, 6.45) is 0. The fourth-order valence-electron chi connectivity index (χ4n) is 2.42. The summed E-state index contributed by atoms with van der Waals surface area (Å²) in [5.41, 5.74) is 2.91. The summed E-state index contributed by atoms with van der Waals surface area (Å²) in [5, 5.41) is 3.45. The number of ether oxygens (including phenoxy) is 2. The van der Waals surface area contributed by atoms with Crippen LogP contribution in [0.25, 0.3) is 0 Å². The van der Waals surface area contributed by atoms with Crippen LogP contribution in [0, 0.1) is 6.92 Å². The molecular weight excluding hydrogens is 426 g/mol. The molecule has 0 aliphatic carbocycles. The van der Waals surface area contributed by atoms with Crippen LogP contribution in [0.2, 0.25) is 5.02 Å². The van der Waals surface area contributed by atoms with Gasteiger partial charge in [-0.15, -0.1) is 11.8 Å². The quantitative estimate of drug-likeness (QED) is 0.703. The predicted octanol–water partition coefficient (Wildman–Crippen LogP) is 5.05. The van der Waals surface area contributed by atoms with E-state index in [-0.39, 0.29) is 5.91 Å². The first-order valence-electron chi connectivity index (χ1n) is 7.74. The van der Waals surface area contributed by atoms with Gasteiger partial charge >= 0.3 is 0 Å². The van der Waals surface area contributed by atoms with Crippen molar-refractivity contribution in [1.29, 1.82) is 0 Å². The number of aryl methyl sites for hydroxylation is 1. The van der Waals surface area contributed by atoms with E-state index < -0.39 is 0 Å². The summed E-state index contributed by atoms with van der Waals surface area (Å²) in [5.74, 6) is 2.25. The highest BCUT2D eigenvalue weighted by Gasteiger charge is 2.16. The molecule has 0 radical (unpaired) electrons. The highest BCUT2D eigenvalue weighted by atomic mass is 79.9. The number of halogens is 2. The maximum Gasteiger partial charge on any atom is 0.234 e. The van der Waals surface area contributed by atoms with Crippen molar-refractivity contribution < 1.29 is 14.3 Å². The molecule has 0 aromatic heterocycles. The number of carbonyl (C=O) groups is 1. The standard InChI is InChI=1S/C18H17BrClNO3S/c1-11-2-3-15(13(19)6-11)21-17(22)10-25-9-12-7-14(20)18-16(8-12)23-4-5-24-18/h2-3,6-8H,4-5,9-10H2,1H3,(H,21,22). The maximum atomic E-state index is 12.1. The van der Waals surface area contributed by atoms with Crippen molar-refractivity contribution in [3.63, 3.8) is 0 Å². The van der Waals surface area contributed by atoms with E-state index in [0.717, 1.165) is 21.3 Å². The van der Waals surface area contributed by atoms with Gasteiger partial charge in [-0.25, -0.2) is 0 Å². The van der Waals surface area contributed by atoms with Crippen molar-refractivity contribution in [3.05, 3.63) is 51.0 Å². The lowest BCUT2D eigenvalue weighted by Crippen LogP contribution is -2.16. The van der Waals surface area contributed by atoms with Crippen LogP contribution in [0.1, 0.15) is 11.1 Å². The Balaban J connectivity index is 1.54. The van der Waals surface area contributed by atoms with E-state index in [1.54, 1.807) is 0 Å². The molecule has 0 spiro atoms. The Hall–Kier alpha value is -1.37. The second-order valence-corrected chi connectivity index (χ2v) is 7.87. The van der Waals surface area contributed by atoms with Crippen molar-refractivity contribution in [2.75, 3.05) is 24.3 Å². The van der Waals surface area contributed by atoms with Crippen molar-refractivity contribution in [1.82, 2.24) is 0 Å². The molecule has 1 aliphatic heterocycles. The zero-order chi connectivity index (χ0) is 17.8. The molecule has 1 heterocycles. The topological polar surface area (TPSA) is 47.6 Å². The van der Waals surface area contributed by atoms with Gasteiger partial charge in [0.1, 0.15) is 13.2 Å². The van der Waals surface area contributed by atoms with Crippen LogP contribution in [0.4, 0.5) is 5.69 Å². The largest absolute Gasteiger partial charge is 0.486 e. The third kappa shape index (κ3) is 4.84. The Morgan fingerprint density at radius 2 is 2.08 bits per heavy atom. The number of benzene rings is 2. The van der Waals surface area contributed by atoms with Crippen molar-refractivity contribution in [2.24, 2.45) is 0 Å². The summed E-state index contributed by atoms with van der Waals surface area (Å²) in [4.78, 5) is 12.1. The summed E-state index contributed by atoms with van der Waals surface area (Å²) < 4.78 is 12.0. The number of carbonyl (C=O) groups excluding carboxylic acids is 1. The Morgan fingerprint density at radius 1 is 1.28 bits per heavy atom. The summed E-state index contributed by atoms with van der Waals surface area (Å²) >= 11 is 11.2. The van der Waals surface area contributed by atoms with E-state index in [1.807, 2.05) is 37.3 Å². The summed E-state index contributed by atoms with van der Waals surface area (Å²) in [6.45, 7) is 3.04. The van der Waals surface area contributed by atoms with Gasteiger partial charge in [0.15, 0.2) is 11.5 Å². The molecule has 25 heavy (non-hydrogen) atoms. The molecular formula is C18H17BrClNO3S. The van der Waals surface area contributed by atoms with Crippen molar-refractivity contribution in [3.8, 4) is 11.5 Å². The molecule has 2 aromatic carbocycles. The van der Waals surface area contributed by atoms with E-state index in [4.69, 9.17) is 21.1 Å². The molecule has 1 N–H and O–H groups in total. The minimum Gasteiger partial charge on any atom is -0.486 e.